The summed E-state index contributed by atoms with van der Waals surface area (Å²) in [5.41, 5.74) is 6.77. The van der Waals surface area contributed by atoms with Crippen molar-refractivity contribution in [1.29, 1.82) is 0 Å². The number of aliphatic hydroxyl groups is 1. The van der Waals surface area contributed by atoms with Crippen LogP contribution in [-0.2, 0) is 12.0 Å². The molecule has 1 atom stereocenters. The molecule has 0 spiro atoms. The summed E-state index contributed by atoms with van der Waals surface area (Å²) in [4.78, 5) is 0. The zero-order valence-electron chi connectivity index (χ0n) is 8.29. The Balaban J connectivity index is 2.52. The molecule has 0 heterocycles. The van der Waals surface area contributed by atoms with Crippen LogP contribution in [0.1, 0.15) is 17.5 Å². The Hall–Kier alpha value is -1.06. The second-order valence-electron chi connectivity index (χ2n) is 3.72. The number of fused-ring (bicyclic) bond motifs is 1. The molecule has 0 bridgehead atoms. The summed E-state index contributed by atoms with van der Waals surface area (Å²) >= 11 is 0. The van der Waals surface area contributed by atoms with Gasteiger partial charge in [-0.15, -0.1) is 0 Å². The Bertz CT molecular complexity index is 351. The molecule has 0 fully saturated rings. The lowest BCUT2D eigenvalue weighted by molar-refractivity contribution is 0.0481. The van der Waals surface area contributed by atoms with E-state index in [0.717, 1.165) is 23.3 Å². The van der Waals surface area contributed by atoms with Crippen molar-refractivity contribution in [2.75, 3.05) is 13.7 Å². The van der Waals surface area contributed by atoms with Crippen molar-refractivity contribution in [2.45, 2.75) is 18.4 Å². The Labute approximate surface area is 83.5 Å². The first kappa shape index (κ1) is 9.49. The van der Waals surface area contributed by atoms with E-state index >= 15 is 0 Å². The third-order valence-electron chi connectivity index (χ3n) is 2.98. The zero-order valence-corrected chi connectivity index (χ0v) is 8.29. The van der Waals surface area contributed by atoms with Crippen LogP contribution in [0.25, 0.3) is 0 Å². The number of benzene rings is 1. The molecule has 1 aliphatic rings. The van der Waals surface area contributed by atoms with Gasteiger partial charge in [0.25, 0.3) is 0 Å². The number of hydrogen-bond acceptors (Lipinski definition) is 3. The van der Waals surface area contributed by atoms with Crippen LogP contribution in [0.5, 0.6) is 5.75 Å². The molecule has 0 saturated heterocycles. The molecule has 1 aromatic carbocycles. The molecular weight excluding hydrogens is 178 g/mol. The van der Waals surface area contributed by atoms with E-state index in [1.807, 2.05) is 18.2 Å². The van der Waals surface area contributed by atoms with Gasteiger partial charge < -0.3 is 15.6 Å². The van der Waals surface area contributed by atoms with Crippen LogP contribution < -0.4 is 10.5 Å². The highest BCUT2D eigenvalue weighted by Gasteiger charge is 2.36. The zero-order chi connectivity index (χ0) is 10.2. The summed E-state index contributed by atoms with van der Waals surface area (Å²) in [5, 5.41) is 10.2. The van der Waals surface area contributed by atoms with Gasteiger partial charge in [0, 0.05) is 12.1 Å². The molecular formula is C11H15NO2. The van der Waals surface area contributed by atoms with E-state index in [1.54, 1.807) is 7.11 Å². The Morgan fingerprint density at radius 3 is 3.00 bits per heavy atom. The maximum Gasteiger partial charge on any atom is 0.122 e. The lowest BCUT2D eigenvalue weighted by atomic mass is 9.96. The molecule has 1 aliphatic carbocycles. The van der Waals surface area contributed by atoms with E-state index in [1.165, 1.54) is 0 Å². The molecule has 3 N–H and O–H groups in total. The quantitative estimate of drug-likeness (QED) is 0.730. The summed E-state index contributed by atoms with van der Waals surface area (Å²) in [5.74, 6) is 0.854. The minimum Gasteiger partial charge on any atom is -0.496 e. The fraction of sp³-hybridized carbons (Fsp3) is 0.455. The lowest BCUT2D eigenvalue weighted by Crippen LogP contribution is -2.32. The van der Waals surface area contributed by atoms with Crippen molar-refractivity contribution in [2.24, 2.45) is 5.73 Å². The van der Waals surface area contributed by atoms with Crippen molar-refractivity contribution < 1.29 is 9.84 Å². The van der Waals surface area contributed by atoms with E-state index < -0.39 is 5.60 Å². The first-order chi connectivity index (χ1) is 6.71. The molecule has 0 radical (unpaired) electrons. The number of rotatable bonds is 2. The van der Waals surface area contributed by atoms with Crippen molar-refractivity contribution in [3.8, 4) is 5.75 Å². The van der Waals surface area contributed by atoms with Gasteiger partial charge in [-0.25, -0.2) is 0 Å². The van der Waals surface area contributed by atoms with Gasteiger partial charge in [0.05, 0.1) is 7.11 Å². The van der Waals surface area contributed by atoms with Crippen molar-refractivity contribution in [3.63, 3.8) is 0 Å². The molecule has 14 heavy (non-hydrogen) atoms. The Kier molecular flexibility index (Phi) is 2.21. The minimum atomic E-state index is -0.843. The third-order valence-corrected chi connectivity index (χ3v) is 2.98. The van der Waals surface area contributed by atoms with Crippen molar-refractivity contribution >= 4 is 0 Å². The molecule has 3 nitrogen and oxygen atoms in total. The first-order valence-electron chi connectivity index (χ1n) is 4.80. The largest absolute Gasteiger partial charge is 0.496 e. The van der Waals surface area contributed by atoms with Crippen LogP contribution in [-0.4, -0.2) is 18.8 Å². The molecule has 1 unspecified atom stereocenters. The molecule has 3 heteroatoms. The average Bonchev–Trinajstić information content (AvgIpc) is 2.58. The number of ether oxygens (including phenoxy) is 1. The second-order valence-corrected chi connectivity index (χ2v) is 3.72. The van der Waals surface area contributed by atoms with Gasteiger partial charge in [0.2, 0.25) is 0 Å². The molecule has 0 aromatic heterocycles. The van der Waals surface area contributed by atoms with Crippen LogP contribution in [0.15, 0.2) is 18.2 Å². The normalized spacial score (nSPS) is 24.8. The maximum absolute atomic E-state index is 10.2. The topological polar surface area (TPSA) is 55.5 Å². The standard InChI is InChI=1S/C11H15NO2/c1-14-10-4-2-3-9-8(10)5-6-11(9,13)7-12/h2-4,13H,5-7,12H2,1H3. The van der Waals surface area contributed by atoms with Crippen LogP contribution in [0.2, 0.25) is 0 Å². The molecule has 0 amide bonds. The van der Waals surface area contributed by atoms with Crippen molar-refractivity contribution in [3.05, 3.63) is 29.3 Å². The van der Waals surface area contributed by atoms with Gasteiger partial charge in [-0.05, 0) is 24.5 Å². The lowest BCUT2D eigenvalue weighted by Gasteiger charge is -2.21. The Morgan fingerprint density at radius 1 is 1.57 bits per heavy atom. The second kappa shape index (κ2) is 3.26. The summed E-state index contributed by atoms with van der Waals surface area (Å²) in [6, 6.07) is 5.74. The Morgan fingerprint density at radius 2 is 2.36 bits per heavy atom. The average molecular weight is 193 g/mol. The van der Waals surface area contributed by atoms with Crippen LogP contribution in [0, 0.1) is 0 Å². The van der Waals surface area contributed by atoms with E-state index in [2.05, 4.69) is 0 Å². The van der Waals surface area contributed by atoms with Crippen molar-refractivity contribution in [1.82, 2.24) is 0 Å². The van der Waals surface area contributed by atoms with Crippen LogP contribution >= 0.6 is 0 Å². The van der Waals surface area contributed by atoms with E-state index in [0.29, 0.717) is 6.42 Å². The van der Waals surface area contributed by atoms with E-state index in [-0.39, 0.29) is 6.54 Å². The number of hydrogen-bond donors (Lipinski definition) is 2. The number of methoxy groups -OCH3 is 1. The highest BCUT2D eigenvalue weighted by Crippen LogP contribution is 2.40. The minimum absolute atomic E-state index is 0.271. The maximum atomic E-state index is 10.2. The summed E-state index contributed by atoms with van der Waals surface area (Å²) in [6.45, 7) is 0.271. The predicted octanol–water partition coefficient (Wildman–Crippen LogP) is 0.788. The van der Waals surface area contributed by atoms with Gasteiger partial charge in [-0.1, -0.05) is 12.1 Å². The molecule has 76 valence electrons. The third kappa shape index (κ3) is 1.21. The highest BCUT2D eigenvalue weighted by molar-refractivity contribution is 5.46. The first-order valence-corrected chi connectivity index (χ1v) is 4.80. The van der Waals surface area contributed by atoms with E-state index in [9.17, 15) is 5.11 Å². The molecule has 2 rings (SSSR count). The number of nitrogens with two attached hydrogens (primary N) is 1. The molecule has 0 aliphatic heterocycles. The SMILES string of the molecule is COc1cccc2c1CCC2(O)CN. The fourth-order valence-corrected chi connectivity index (χ4v) is 2.13. The van der Waals surface area contributed by atoms with Crippen LogP contribution in [0.3, 0.4) is 0 Å². The fourth-order valence-electron chi connectivity index (χ4n) is 2.13. The summed E-state index contributed by atoms with van der Waals surface area (Å²) < 4.78 is 5.24. The van der Waals surface area contributed by atoms with Gasteiger partial charge >= 0.3 is 0 Å². The summed E-state index contributed by atoms with van der Waals surface area (Å²) in [7, 11) is 1.65. The highest BCUT2D eigenvalue weighted by atomic mass is 16.5. The predicted molar refractivity (Wildman–Crippen MR) is 54.3 cm³/mol. The molecule has 1 aromatic rings. The van der Waals surface area contributed by atoms with Gasteiger partial charge in [-0.3, -0.25) is 0 Å². The van der Waals surface area contributed by atoms with Gasteiger partial charge in [0.1, 0.15) is 11.4 Å². The summed E-state index contributed by atoms with van der Waals surface area (Å²) in [6.07, 6.45) is 1.53. The van der Waals surface area contributed by atoms with Gasteiger partial charge in [-0.2, -0.15) is 0 Å². The molecule has 0 saturated carbocycles. The monoisotopic (exact) mass is 193 g/mol. The smallest absolute Gasteiger partial charge is 0.122 e. The van der Waals surface area contributed by atoms with Crippen LogP contribution in [0.4, 0.5) is 0 Å². The van der Waals surface area contributed by atoms with E-state index in [4.69, 9.17) is 10.5 Å². The van der Waals surface area contributed by atoms with Gasteiger partial charge in [0.15, 0.2) is 0 Å².